The van der Waals surface area contributed by atoms with Gasteiger partial charge in [-0.05, 0) is 43.4 Å². The van der Waals surface area contributed by atoms with Gasteiger partial charge in [-0.1, -0.05) is 18.5 Å². The van der Waals surface area contributed by atoms with Gasteiger partial charge in [0.05, 0.1) is 4.90 Å². The van der Waals surface area contributed by atoms with Crippen LogP contribution in [0, 0.1) is 5.92 Å². The van der Waals surface area contributed by atoms with Crippen molar-refractivity contribution in [3.63, 3.8) is 0 Å². The zero-order chi connectivity index (χ0) is 15.6. The van der Waals surface area contributed by atoms with Crippen molar-refractivity contribution in [2.45, 2.75) is 31.1 Å². The van der Waals surface area contributed by atoms with Gasteiger partial charge in [0.25, 0.3) is 15.0 Å². The van der Waals surface area contributed by atoms with E-state index in [0.29, 0.717) is 19.0 Å². The van der Waals surface area contributed by atoms with Crippen LogP contribution in [-0.2, 0) is 9.05 Å². The highest BCUT2D eigenvalue weighted by atomic mass is 35.7. The van der Waals surface area contributed by atoms with E-state index in [1.165, 1.54) is 18.2 Å². The molecule has 1 aliphatic heterocycles. The van der Waals surface area contributed by atoms with Gasteiger partial charge in [-0.3, -0.25) is 4.79 Å². The molecule has 7 heteroatoms. The lowest BCUT2D eigenvalue weighted by Crippen LogP contribution is -2.32. The van der Waals surface area contributed by atoms with Crippen LogP contribution in [0.1, 0.15) is 36.5 Å². The number of benzene rings is 1. The second-order valence-corrected chi connectivity index (χ2v) is 8.44. The maximum absolute atomic E-state index is 12.5. The van der Waals surface area contributed by atoms with Crippen LogP contribution < -0.4 is 0 Å². The van der Waals surface area contributed by atoms with Crippen LogP contribution >= 0.6 is 22.3 Å². The van der Waals surface area contributed by atoms with Gasteiger partial charge in [-0.15, -0.1) is 0 Å². The van der Waals surface area contributed by atoms with Gasteiger partial charge in [0.2, 0.25) is 0 Å². The summed E-state index contributed by atoms with van der Waals surface area (Å²) < 4.78 is 22.8. The molecular formula is C14H17Cl2NO3S. The second-order valence-electron chi connectivity index (χ2n) is 5.44. The summed E-state index contributed by atoms with van der Waals surface area (Å²) in [4.78, 5) is 14.1. The largest absolute Gasteiger partial charge is 0.339 e. The van der Waals surface area contributed by atoms with Crippen molar-refractivity contribution >= 4 is 37.2 Å². The number of nitrogens with zero attached hydrogens (tertiary/aromatic N) is 1. The molecule has 0 radical (unpaired) electrons. The molecule has 116 valence electrons. The predicted molar refractivity (Wildman–Crippen MR) is 83.4 cm³/mol. The smallest absolute Gasteiger partial charge is 0.261 e. The van der Waals surface area contributed by atoms with Crippen molar-refractivity contribution in [1.29, 1.82) is 0 Å². The molecule has 0 aliphatic carbocycles. The van der Waals surface area contributed by atoms with Crippen LogP contribution in [0.15, 0.2) is 23.1 Å². The molecule has 4 nitrogen and oxygen atoms in total. The molecule has 0 N–H and O–H groups in total. The molecule has 1 atom stereocenters. The highest BCUT2D eigenvalue weighted by Crippen LogP contribution is 2.24. The average molecular weight is 350 g/mol. The van der Waals surface area contributed by atoms with Crippen molar-refractivity contribution in [1.82, 2.24) is 4.90 Å². The molecule has 0 spiro atoms. The summed E-state index contributed by atoms with van der Waals surface area (Å²) in [6.07, 6.45) is 3.00. The summed E-state index contributed by atoms with van der Waals surface area (Å²) in [6.45, 7) is 3.53. The van der Waals surface area contributed by atoms with Crippen LogP contribution in [0.25, 0.3) is 0 Å². The maximum atomic E-state index is 12.5. The van der Waals surface area contributed by atoms with E-state index in [9.17, 15) is 13.2 Å². The second kappa shape index (κ2) is 6.55. The standard InChI is InChI=1S/C14H17Cl2NO3S/c1-10-3-2-5-17(6-4-10)14(18)11-7-12(15)9-13(8-11)21(16,19)20/h7-10H,2-6H2,1H3. The molecule has 0 bridgehead atoms. The molecule has 1 amide bonds. The lowest BCUT2D eigenvalue weighted by molar-refractivity contribution is 0.0760. The van der Waals surface area contributed by atoms with Gasteiger partial charge in [0.15, 0.2) is 0 Å². The zero-order valence-electron chi connectivity index (χ0n) is 11.7. The van der Waals surface area contributed by atoms with Crippen molar-refractivity contribution in [2.24, 2.45) is 5.92 Å². The Morgan fingerprint density at radius 1 is 1.24 bits per heavy atom. The van der Waals surface area contributed by atoms with Crippen LogP contribution in [0.2, 0.25) is 5.02 Å². The molecule has 0 aromatic heterocycles. The first-order valence-electron chi connectivity index (χ1n) is 6.82. The van der Waals surface area contributed by atoms with E-state index >= 15 is 0 Å². The first-order chi connectivity index (χ1) is 9.77. The summed E-state index contributed by atoms with van der Waals surface area (Å²) in [7, 11) is 1.42. The van der Waals surface area contributed by atoms with Crippen LogP contribution in [0.3, 0.4) is 0 Å². The highest BCUT2D eigenvalue weighted by molar-refractivity contribution is 8.13. The number of hydrogen-bond donors (Lipinski definition) is 0. The van der Waals surface area contributed by atoms with Gasteiger partial charge in [-0.2, -0.15) is 0 Å². The number of carbonyl (C=O) groups is 1. The third-order valence-corrected chi connectivity index (χ3v) is 5.26. The Morgan fingerprint density at radius 2 is 1.95 bits per heavy atom. The molecule has 1 saturated heterocycles. The van der Waals surface area contributed by atoms with Crippen LogP contribution in [0.5, 0.6) is 0 Å². The quantitative estimate of drug-likeness (QED) is 0.767. The van der Waals surface area contributed by atoms with Gasteiger partial charge in [-0.25, -0.2) is 8.42 Å². The topological polar surface area (TPSA) is 54.5 Å². The van der Waals surface area contributed by atoms with E-state index < -0.39 is 9.05 Å². The normalized spacial score (nSPS) is 20.1. The molecule has 0 saturated carbocycles. The minimum atomic E-state index is -3.91. The Labute approximate surface area is 134 Å². The van der Waals surface area contributed by atoms with E-state index in [1.807, 2.05) is 0 Å². The molecule has 1 fully saturated rings. The summed E-state index contributed by atoms with van der Waals surface area (Å²) in [6, 6.07) is 4.00. The Morgan fingerprint density at radius 3 is 2.62 bits per heavy atom. The molecule has 2 rings (SSSR count). The van der Waals surface area contributed by atoms with E-state index in [2.05, 4.69) is 6.92 Å². The summed E-state index contributed by atoms with van der Waals surface area (Å²) in [5.41, 5.74) is 0.260. The zero-order valence-corrected chi connectivity index (χ0v) is 14.0. The SMILES string of the molecule is CC1CCCN(C(=O)c2cc(Cl)cc(S(=O)(=O)Cl)c2)CC1. The first-order valence-corrected chi connectivity index (χ1v) is 9.50. The van der Waals surface area contributed by atoms with E-state index in [1.54, 1.807) is 4.90 Å². The highest BCUT2D eigenvalue weighted by Gasteiger charge is 2.22. The van der Waals surface area contributed by atoms with Crippen molar-refractivity contribution in [3.05, 3.63) is 28.8 Å². The van der Waals surface area contributed by atoms with Gasteiger partial charge in [0, 0.05) is 34.4 Å². The lowest BCUT2D eigenvalue weighted by atomic mass is 10.0. The first kappa shape index (κ1) is 16.6. The van der Waals surface area contributed by atoms with Crippen LogP contribution in [-0.4, -0.2) is 32.3 Å². The lowest BCUT2D eigenvalue weighted by Gasteiger charge is -2.20. The Bertz CT molecular complexity index is 646. The minimum Gasteiger partial charge on any atom is -0.339 e. The molecule has 1 aliphatic rings. The third-order valence-electron chi connectivity index (χ3n) is 3.70. The number of likely N-dealkylation sites (tertiary alicyclic amines) is 1. The van der Waals surface area contributed by atoms with E-state index in [-0.39, 0.29) is 21.4 Å². The molecule has 1 aromatic rings. The van der Waals surface area contributed by atoms with Crippen molar-refractivity contribution in [2.75, 3.05) is 13.1 Å². The number of hydrogen-bond acceptors (Lipinski definition) is 3. The van der Waals surface area contributed by atoms with Crippen molar-refractivity contribution in [3.8, 4) is 0 Å². The molecular weight excluding hydrogens is 333 g/mol. The average Bonchev–Trinajstić information content (AvgIpc) is 2.61. The molecule has 1 unspecified atom stereocenters. The Balaban J connectivity index is 2.28. The van der Waals surface area contributed by atoms with Gasteiger partial charge < -0.3 is 4.90 Å². The maximum Gasteiger partial charge on any atom is 0.261 e. The summed E-state index contributed by atoms with van der Waals surface area (Å²) in [5.74, 6) is 0.397. The Hall–Kier alpha value is -0.780. The number of carbonyl (C=O) groups excluding carboxylic acids is 1. The number of rotatable bonds is 2. The minimum absolute atomic E-state index is 0.150. The fourth-order valence-corrected chi connectivity index (χ4v) is 3.58. The molecule has 1 heterocycles. The summed E-state index contributed by atoms with van der Waals surface area (Å²) >= 11 is 5.90. The van der Waals surface area contributed by atoms with E-state index in [0.717, 1.165) is 19.3 Å². The van der Waals surface area contributed by atoms with Gasteiger partial charge >= 0.3 is 0 Å². The fourth-order valence-electron chi connectivity index (χ4n) is 2.48. The third kappa shape index (κ3) is 4.34. The van der Waals surface area contributed by atoms with Crippen LogP contribution in [0.4, 0.5) is 0 Å². The predicted octanol–water partition coefficient (Wildman–Crippen LogP) is 3.53. The van der Waals surface area contributed by atoms with E-state index in [4.69, 9.17) is 22.3 Å². The molecule has 21 heavy (non-hydrogen) atoms. The van der Waals surface area contributed by atoms with Gasteiger partial charge in [0.1, 0.15) is 0 Å². The molecule has 1 aromatic carbocycles. The number of amides is 1. The summed E-state index contributed by atoms with van der Waals surface area (Å²) in [5, 5.41) is 0.184. The Kier molecular flexibility index (Phi) is 5.17. The fraction of sp³-hybridized carbons (Fsp3) is 0.500. The van der Waals surface area contributed by atoms with Crippen molar-refractivity contribution < 1.29 is 13.2 Å². The number of halogens is 2. The monoisotopic (exact) mass is 349 g/mol.